The van der Waals surface area contributed by atoms with Crippen LogP contribution in [-0.4, -0.2) is 41.4 Å². The van der Waals surface area contributed by atoms with Crippen molar-refractivity contribution >= 4 is 27.4 Å². The Labute approximate surface area is 144 Å². The number of rotatable bonds is 5. The number of hydrogen-bond acceptors (Lipinski definition) is 5. The summed E-state index contributed by atoms with van der Waals surface area (Å²) in [6.45, 7) is 0. The van der Waals surface area contributed by atoms with E-state index in [9.17, 15) is 18.0 Å². The Morgan fingerprint density at radius 3 is 2.48 bits per heavy atom. The van der Waals surface area contributed by atoms with E-state index >= 15 is 0 Å². The quantitative estimate of drug-likeness (QED) is 0.834. The number of nitrogens with zero attached hydrogens (tertiary/aromatic N) is 2. The molecule has 1 amide bonds. The maximum Gasteiger partial charge on any atom is 0.335 e. The first-order valence-electron chi connectivity index (χ1n) is 7.59. The van der Waals surface area contributed by atoms with Gasteiger partial charge in [-0.05, 0) is 37.1 Å². The van der Waals surface area contributed by atoms with Crippen LogP contribution in [0.25, 0.3) is 0 Å². The minimum Gasteiger partial charge on any atom is -0.478 e. The van der Waals surface area contributed by atoms with Gasteiger partial charge in [-0.25, -0.2) is 13.2 Å². The van der Waals surface area contributed by atoms with E-state index in [1.165, 1.54) is 12.1 Å². The topological polar surface area (TPSA) is 118 Å². The number of carbonyl (C=O) groups is 2. The number of sulfone groups is 1. The maximum absolute atomic E-state index is 12.4. The van der Waals surface area contributed by atoms with Crippen molar-refractivity contribution in [3.05, 3.63) is 41.2 Å². The van der Waals surface area contributed by atoms with Crippen LogP contribution in [0, 0.1) is 0 Å². The summed E-state index contributed by atoms with van der Waals surface area (Å²) < 4.78 is 25.1. The number of aromatic nitrogens is 2. The molecule has 8 nitrogen and oxygen atoms in total. The van der Waals surface area contributed by atoms with Crippen molar-refractivity contribution in [1.82, 2.24) is 9.78 Å². The smallest absolute Gasteiger partial charge is 0.335 e. The van der Waals surface area contributed by atoms with Gasteiger partial charge in [-0.1, -0.05) is 0 Å². The van der Waals surface area contributed by atoms with E-state index in [0.29, 0.717) is 5.92 Å². The Morgan fingerprint density at radius 1 is 1.24 bits per heavy atom. The molecule has 1 heterocycles. The van der Waals surface area contributed by atoms with Crippen LogP contribution in [0.1, 0.15) is 45.3 Å². The second kappa shape index (κ2) is 5.99. The highest BCUT2D eigenvalue weighted by atomic mass is 32.2. The van der Waals surface area contributed by atoms with Crippen molar-refractivity contribution in [1.29, 1.82) is 0 Å². The predicted molar refractivity (Wildman–Crippen MR) is 89.6 cm³/mol. The highest BCUT2D eigenvalue weighted by Gasteiger charge is 2.28. The standard InChI is InChI=1S/C16H17N3O5S/c1-19-14(9-3-4-9)8-13(18-19)15(20)17-11-5-10(16(21)22)6-12(7-11)25(2,23)24/h5-9H,3-4H2,1-2H3,(H,17,20)(H,21,22). The molecule has 0 unspecified atom stereocenters. The van der Waals surface area contributed by atoms with Crippen molar-refractivity contribution < 1.29 is 23.1 Å². The molecule has 2 aromatic rings. The van der Waals surface area contributed by atoms with E-state index in [0.717, 1.165) is 30.9 Å². The Hall–Kier alpha value is -2.68. The fraction of sp³-hybridized carbons (Fsp3) is 0.312. The molecule has 1 aliphatic carbocycles. The molecule has 1 fully saturated rings. The van der Waals surface area contributed by atoms with Gasteiger partial charge in [-0.2, -0.15) is 5.10 Å². The first-order chi connectivity index (χ1) is 11.6. The summed E-state index contributed by atoms with van der Waals surface area (Å²) in [5.41, 5.74) is 1.04. The van der Waals surface area contributed by atoms with Crippen molar-refractivity contribution in [3.63, 3.8) is 0 Å². The molecular formula is C16H17N3O5S. The lowest BCUT2D eigenvalue weighted by Gasteiger charge is -2.07. The monoisotopic (exact) mass is 363 g/mol. The van der Waals surface area contributed by atoms with E-state index in [4.69, 9.17) is 5.11 Å². The average Bonchev–Trinajstić information content (AvgIpc) is 3.28. The van der Waals surface area contributed by atoms with Crippen LogP contribution in [0.2, 0.25) is 0 Å². The number of aryl methyl sites for hydroxylation is 1. The number of hydrogen-bond donors (Lipinski definition) is 2. The third-order valence-corrected chi connectivity index (χ3v) is 5.08. The third kappa shape index (κ3) is 3.71. The van der Waals surface area contributed by atoms with Gasteiger partial charge in [0.25, 0.3) is 5.91 Å². The van der Waals surface area contributed by atoms with Crippen LogP contribution in [0.3, 0.4) is 0 Å². The largest absolute Gasteiger partial charge is 0.478 e. The van der Waals surface area contributed by atoms with Gasteiger partial charge in [0, 0.05) is 30.6 Å². The summed E-state index contributed by atoms with van der Waals surface area (Å²) >= 11 is 0. The van der Waals surface area contributed by atoms with Crippen LogP contribution in [0.4, 0.5) is 5.69 Å². The molecule has 25 heavy (non-hydrogen) atoms. The third-order valence-electron chi connectivity index (χ3n) is 3.98. The predicted octanol–water partition coefficient (Wildman–Crippen LogP) is 1.65. The van der Waals surface area contributed by atoms with E-state index in [2.05, 4.69) is 10.4 Å². The SMILES string of the molecule is Cn1nc(C(=O)Nc2cc(C(=O)O)cc(S(C)(=O)=O)c2)cc1C1CC1. The van der Waals surface area contributed by atoms with Gasteiger partial charge in [0.15, 0.2) is 15.5 Å². The molecule has 0 atom stereocenters. The van der Waals surface area contributed by atoms with Gasteiger partial charge in [0.05, 0.1) is 10.5 Å². The summed E-state index contributed by atoms with van der Waals surface area (Å²) in [7, 11) is -1.86. The Kier molecular flexibility index (Phi) is 4.11. The molecule has 1 aromatic heterocycles. The van der Waals surface area contributed by atoms with E-state index in [1.54, 1.807) is 17.8 Å². The van der Waals surface area contributed by atoms with Gasteiger partial charge in [0.2, 0.25) is 0 Å². The zero-order valence-electron chi connectivity index (χ0n) is 13.7. The molecule has 3 rings (SSSR count). The number of benzene rings is 1. The number of carboxylic acids is 1. The second-order valence-electron chi connectivity index (χ2n) is 6.13. The fourth-order valence-electron chi connectivity index (χ4n) is 2.56. The molecule has 1 saturated carbocycles. The summed E-state index contributed by atoms with van der Waals surface area (Å²) in [6, 6.07) is 5.19. The first kappa shape index (κ1) is 17.2. The van der Waals surface area contributed by atoms with Gasteiger partial charge in [0.1, 0.15) is 0 Å². The highest BCUT2D eigenvalue weighted by Crippen LogP contribution is 2.40. The molecule has 0 bridgehead atoms. The van der Waals surface area contributed by atoms with Crippen LogP contribution < -0.4 is 5.32 Å². The molecule has 9 heteroatoms. The number of carbonyl (C=O) groups excluding carboxylic acids is 1. The first-order valence-corrected chi connectivity index (χ1v) is 9.48. The van der Waals surface area contributed by atoms with Crippen LogP contribution in [0.5, 0.6) is 0 Å². The van der Waals surface area contributed by atoms with Gasteiger partial charge >= 0.3 is 5.97 Å². The Bertz CT molecular complexity index is 974. The van der Waals surface area contributed by atoms with Crippen molar-refractivity contribution in [2.45, 2.75) is 23.7 Å². The summed E-state index contributed by atoms with van der Waals surface area (Å²) in [5.74, 6) is -1.38. The Morgan fingerprint density at radius 2 is 1.92 bits per heavy atom. The zero-order chi connectivity index (χ0) is 18.4. The molecule has 1 aliphatic rings. The molecule has 132 valence electrons. The summed E-state index contributed by atoms with van der Waals surface area (Å²) in [4.78, 5) is 23.4. The van der Waals surface area contributed by atoms with E-state index in [-0.39, 0.29) is 21.8 Å². The van der Waals surface area contributed by atoms with Crippen LogP contribution in [-0.2, 0) is 16.9 Å². The molecule has 0 saturated heterocycles. The van der Waals surface area contributed by atoms with Crippen LogP contribution >= 0.6 is 0 Å². The van der Waals surface area contributed by atoms with Crippen LogP contribution in [0.15, 0.2) is 29.2 Å². The van der Waals surface area contributed by atoms with Gasteiger partial charge in [-0.3, -0.25) is 9.48 Å². The number of aromatic carboxylic acids is 1. The molecule has 0 aliphatic heterocycles. The fourth-order valence-corrected chi connectivity index (χ4v) is 3.24. The van der Waals surface area contributed by atoms with Gasteiger partial charge < -0.3 is 10.4 Å². The number of amides is 1. The maximum atomic E-state index is 12.4. The molecular weight excluding hydrogens is 346 g/mol. The van der Waals surface area contributed by atoms with E-state index < -0.39 is 21.7 Å². The molecule has 2 N–H and O–H groups in total. The van der Waals surface area contributed by atoms with Crippen molar-refractivity contribution in [2.24, 2.45) is 7.05 Å². The van der Waals surface area contributed by atoms with Crippen molar-refractivity contribution in [2.75, 3.05) is 11.6 Å². The van der Waals surface area contributed by atoms with Crippen molar-refractivity contribution in [3.8, 4) is 0 Å². The summed E-state index contributed by atoms with van der Waals surface area (Å²) in [6.07, 6.45) is 3.11. The number of anilines is 1. The zero-order valence-corrected chi connectivity index (χ0v) is 14.5. The second-order valence-corrected chi connectivity index (χ2v) is 8.15. The molecule has 0 spiro atoms. The molecule has 1 aromatic carbocycles. The lowest BCUT2D eigenvalue weighted by atomic mass is 10.2. The minimum absolute atomic E-state index is 0.0870. The lowest BCUT2D eigenvalue weighted by molar-refractivity contribution is 0.0696. The highest BCUT2D eigenvalue weighted by molar-refractivity contribution is 7.90. The Balaban J connectivity index is 1.91. The van der Waals surface area contributed by atoms with E-state index in [1.807, 2.05) is 0 Å². The number of nitrogens with one attached hydrogen (secondary N) is 1. The normalized spacial score (nSPS) is 14.3. The average molecular weight is 363 g/mol. The minimum atomic E-state index is -3.62. The number of carboxylic acid groups (broad SMARTS) is 1. The summed E-state index contributed by atoms with van der Waals surface area (Å²) in [5, 5.41) is 15.8. The lowest BCUT2D eigenvalue weighted by Crippen LogP contribution is -2.14. The van der Waals surface area contributed by atoms with Gasteiger partial charge in [-0.15, -0.1) is 0 Å². The molecule has 0 radical (unpaired) electrons.